The summed E-state index contributed by atoms with van der Waals surface area (Å²) in [7, 11) is 3.79. The zero-order valence-corrected chi connectivity index (χ0v) is 16.1. The SMILES string of the molecule is CN1CCc2nc(C=Cc3cn(C)nc3-c3ccc([N+](=O)[O-])cc3)[nH]c(=O)c2C1. The number of aromatic amines is 1. The van der Waals surface area contributed by atoms with Crippen molar-refractivity contribution in [2.75, 3.05) is 13.6 Å². The molecule has 0 atom stereocenters. The van der Waals surface area contributed by atoms with Crippen molar-refractivity contribution in [3.05, 3.63) is 73.6 Å². The molecule has 1 N–H and O–H groups in total. The molecule has 9 heteroatoms. The van der Waals surface area contributed by atoms with E-state index < -0.39 is 4.92 Å². The fourth-order valence-electron chi connectivity index (χ4n) is 3.42. The van der Waals surface area contributed by atoms with E-state index in [9.17, 15) is 14.9 Å². The Morgan fingerprint density at radius 2 is 1.97 bits per heavy atom. The Hall–Kier alpha value is -3.59. The number of nitro benzene ring substituents is 1. The number of hydrogen-bond donors (Lipinski definition) is 1. The summed E-state index contributed by atoms with van der Waals surface area (Å²) in [4.78, 5) is 32.3. The van der Waals surface area contributed by atoms with Crippen LogP contribution >= 0.6 is 0 Å². The first-order valence-corrected chi connectivity index (χ1v) is 9.18. The Bertz CT molecular complexity index is 1160. The Balaban J connectivity index is 1.65. The van der Waals surface area contributed by atoms with Crippen LogP contribution in [0.25, 0.3) is 23.4 Å². The largest absolute Gasteiger partial charge is 0.307 e. The highest BCUT2D eigenvalue weighted by Crippen LogP contribution is 2.25. The minimum atomic E-state index is -0.432. The number of H-pyrrole nitrogens is 1. The molecule has 3 aromatic rings. The second kappa shape index (κ2) is 7.44. The molecular weight excluding hydrogens is 372 g/mol. The fourth-order valence-corrected chi connectivity index (χ4v) is 3.42. The van der Waals surface area contributed by atoms with Crippen LogP contribution in [0.1, 0.15) is 22.6 Å². The third-order valence-corrected chi connectivity index (χ3v) is 4.91. The first-order chi connectivity index (χ1) is 13.9. The van der Waals surface area contributed by atoms with Gasteiger partial charge >= 0.3 is 0 Å². The van der Waals surface area contributed by atoms with Crippen molar-refractivity contribution in [3.63, 3.8) is 0 Å². The molecule has 0 aliphatic carbocycles. The molecule has 3 heterocycles. The molecule has 0 bridgehead atoms. The molecule has 1 aromatic carbocycles. The number of rotatable bonds is 4. The Morgan fingerprint density at radius 3 is 2.69 bits per heavy atom. The van der Waals surface area contributed by atoms with Gasteiger partial charge in [-0.2, -0.15) is 5.10 Å². The van der Waals surface area contributed by atoms with Crippen molar-refractivity contribution in [1.82, 2.24) is 24.6 Å². The number of aromatic nitrogens is 4. The van der Waals surface area contributed by atoms with Gasteiger partial charge in [0.05, 0.1) is 21.9 Å². The monoisotopic (exact) mass is 392 g/mol. The Morgan fingerprint density at radius 1 is 1.21 bits per heavy atom. The van der Waals surface area contributed by atoms with E-state index in [1.165, 1.54) is 12.1 Å². The van der Waals surface area contributed by atoms with Crippen LogP contribution in [-0.2, 0) is 20.0 Å². The van der Waals surface area contributed by atoms with E-state index in [4.69, 9.17) is 0 Å². The molecule has 0 amide bonds. The molecule has 0 fully saturated rings. The van der Waals surface area contributed by atoms with Gasteiger partial charge in [-0.1, -0.05) is 0 Å². The van der Waals surface area contributed by atoms with Crippen molar-refractivity contribution >= 4 is 17.8 Å². The standard InChI is InChI=1S/C20H20N6O3/c1-24-10-9-17-16(12-24)20(27)22-18(21-17)8-5-14-11-25(2)23-19(14)13-3-6-15(7-4-13)26(28)29/h3-8,11H,9-10,12H2,1-2H3,(H,21,22,27). The van der Waals surface area contributed by atoms with E-state index in [0.717, 1.165) is 35.3 Å². The number of nitrogens with zero attached hydrogens (tertiary/aromatic N) is 5. The smallest absolute Gasteiger partial charge is 0.269 e. The number of aryl methyl sites for hydroxylation is 1. The molecule has 0 spiro atoms. The average molecular weight is 392 g/mol. The average Bonchev–Trinajstić information content (AvgIpc) is 3.07. The molecule has 0 saturated carbocycles. The van der Waals surface area contributed by atoms with E-state index in [0.29, 0.717) is 18.1 Å². The van der Waals surface area contributed by atoms with Crippen molar-refractivity contribution in [2.24, 2.45) is 7.05 Å². The van der Waals surface area contributed by atoms with Gasteiger partial charge in [0.1, 0.15) is 5.82 Å². The van der Waals surface area contributed by atoms with E-state index in [-0.39, 0.29) is 11.2 Å². The number of nitro groups is 1. The molecule has 0 radical (unpaired) electrons. The summed E-state index contributed by atoms with van der Waals surface area (Å²) in [5.74, 6) is 0.497. The lowest BCUT2D eigenvalue weighted by Crippen LogP contribution is -2.33. The summed E-state index contributed by atoms with van der Waals surface area (Å²) in [5.41, 5.74) is 3.77. The molecule has 2 aromatic heterocycles. The number of non-ortho nitro benzene ring substituents is 1. The molecule has 0 saturated heterocycles. The van der Waals surface area contributed by atoms with Crippen LogP contribution in [0.5, 0.6) is 0 Å². The maximum Gasteiger partial charge on any atom is 0.269 e. The van der Waals surface area contributed by atoms with Crippen LogP contribution < -0.4 is 5.56 Å². The van der Waals surface area contributed by atoms with Gasteiger partial charge in [0.15, 0.2) is 0 Å². The number of hydrogen-bond acceptors (Lipinski definition) is 6. The molecule has 4 rings (SSSR count). The van der Waals surface area contributed by atoms with Gasteiger partial charge in [-0.3, -0.25) is 19.6 Å². The molecule has 1 aliphatic rings. The van der Waals surface area contributed by atoms with E-state index in [1.807, 2.05) is 26.4 Å². The summed E-state index contributed by atoms with van der Waals surface area (Å²) in [6.45, 7) is 1.48. The molecule has 0 unspecified atom stereocenters. The van der Waals surface area contributed by atoms with Crippen LogP contribution in [0.4, 0.5) is 5.69 Å². The van der Waals surface area contributed by atoms with Gasteiger partial charge in [0, 0.05) is 56.0 Å². The molecule has 1 aliphatic heterocycles. The van der Waals surface area contributed by atoms with E-state index in [1.54, 1.807) is 22.9 Å². The first-order valence-electron chi connectivity index (χ1n) is 9.18. The number of fused-ring (bicyclic) bond motifs is 1. The lowest BCUT2D eigenvalue weighted by Gasteiger charge is -2.23. The van der Waals surface area contributed by atoms with Gasteiger partial charge in [-0.05, 0) is 31.3 Å². The van der Waals surface area contributed by atoms with Crippen molar-refractivity contribution in [1.29, 1.82) is 0 Å². The van der Waals surface area contributed by atoms with Gasteiger partial charge in [-0.15, -0.1) is 0 Å². The minimum Gasteiger partial charge on any atom is -0.307 e. The number of likely N-dealkylation sites (N-methyl/N-ethyl adjacent to an activating group) is 1. The first kappa shape index (κ1) is 18.8. The summed E-state index contributed by atoms with van der Waals surface area (Å²) in [6, 6.07) is 6.26. The van der Waals surface area contributed by atoms with Crippen LogP contribution in [-0.4, -0.2) is 43.2 Å². The Kier molecular flexibility index (Phi) is 4.81. The van der Waals surface area contributed by atoms with E-state index in [2.05, 4.69) is 20.0 Å². The second-order valence-corrected chi connectivity index (χ2v) is 7.11. The predicted molar refractivity (Wildman–Crippen MR) is 109 cm³/mol. The lowest BCUT2D eigenvalue weighted by atomic mass is 10.1. The van der Waals surface area contributed by atoms with Gasteiger partial charge in [0.2, 0.25) is 0 Å². The van der Waals surface area contributed by atoms with Crippen LogP contribution in [0.3, 0.4) is 0 Å². The highest BCUT2D eigenvalue weighted by molar-refractivity contribution is 5.77. The van der Waals surface area contributed by atoms with Gasteiger partial charge in [0.25, 0.3) is 11.2 Å². The number of benzene rings is 1. The zero-order chi connectivity index (χ0) is 20.5. The third-order valence-electron chi connectivity index (χ3n) is 4.91. The normalized spacial score (nSPS) is 14.3. The second-order valence-electron chi connectivity index (χ2n) is 7.11. The maximum absolute atomic E-state index is 12.4. The van der Waals surface area contributed by atoms with Gasteiger partial charge in [-0.25, -0.2) is 4.98 Å². The highest BCUT2D eigenvalue weighted by Gasteiger charge is 2.18. The molecule has 29 heavy (non-hydrogen) atoms. The van der Waals surface area contributed by atoms with Crippen LogP contribution in [0.2, 0.25) is 0 Å². The summed E-state index contributed by atoms with van der Waals surface area (Å²) in [6.07, 6.45) is 6.19. The van der Waals surface area contributed by atoms with Crippen molar-refractivity contribution < 1.29 is 4.92 Å². The van der Waals surface area contributed by atoms with Crippen molar-refractivity contribution in [3.8, 4) is 11.3 Å². The zero-order valence-electron chi connectivity index (χ0n) is 16.1. The molecular formula is C20H20N6O3. The summed E-state index contributed by atoms with van der Waals surface area (Å²) in [5, 5.41) is 15.3. The lowest BCUT2D eigenvalue weighted by molar-refractivity contribution is -0.384. The summed E-state index contributed by atoms with van der Waals surface area (Å²) >= 11 is 0. The predicted octanol–water partition coefficient (Wildman–Crippen LogP) is 2.24. The van der Waals surface area contributed by atoms with E-state index >= 15 is 0 Å². The molecule has 148 valence electrons. The highest BCUT2D eigenvalue weighted by atomic mass is 16.6. The summed E-state index contributed by atoms with van der Waals surface area (Å²) < 4.78 is 1.68. The topological polar surface area (TPSA) is 110 Å². The number of nitrogens with one attached hydrogen (secondary N) is 1. The van der Waals surface area contributed by atoms with Gasteiger partial charge < -0.3 is 9.88 Å². The fraction of sp³-hybridized carbons (Fsp3) is 0.250. The minimum absolute atomic E-state index is 0.0308. The quantitative estimate of drug-likeness (QED) is 0.539. The van der Waals surface area contributed by atoms with Crippen molar-refractivity contribution in [2.45, 2.75) is 13.0 Å². The van der Waals surface area contributed by atoms with Crippen LogP contribution in [0.15, 0.2) is 35.3 Å². The Labute approximate surface area is 166 Å². The third kappa shape index (κ3) is 3.85. The maximum atomic E-state index is 12.4. The van der Waals surface area contributed by atoms with Crippen LogP contribution in [0, 0.1) is 10.1 Å². The molecule has 9 nitrogen and oxygen atoms in total.